The molecule has 0 radical (unpaired) electrons. The van der Waals surface area contributed by atoms with Crippen LogP contribution in [-0.2, 0) is 22.2 Å². The molecule has 27 heavy (non-hydrogen) atoms. The van der Waals surface area contributed by atoms with E-state index in [-0.39, 0.29) is 12.0 Å². The smallest absolute Gasteiger partial charge is 0.416 e. The molecular formula is C18H15BrF3NO4. The molecule has 2 atom stereocenters. The molecule has 0 aliphatic heterocycles. The number of rotatable bonds is 6. The third-order valence-electron chi connectivity index (χ3n) is 3.80. The van der Waals surface area contributed by atoms with E-state index in [9.17, 15) is 33.0 Å². The van der Waals surface area contributed by atoms with E-state index >= 15 is 0 Å². The average molecular weight is 446 g/mol. The van der Waals surface area contributed by atoms with Gasteiger partial charge in [0.25, 0.3) is 5.91 Å². The third-order valence-corrected chi connectivity index (χ3v) is 4.57. The summed E-state index contributed by atoms with van der Waals surface area (Å²) in [7, 11) is 0. The Hall–Kier alpha value is -2.39. The van der Waals surface area contributed by atoms with Gasteiger partial charge in [0.1, 0.15) is 6.04 Å². The maximum Gasteiger partial charge on any atom is 0.416 e. The van der Waals surface area contributed by atoms with Crippen LogP contribution >= 0.6 is 15.9 Å². The molecule has 0 bridgehead atoms. The number of carboxylic acid groups (broad SMARTS) is 1. The number of nitrogens with one attached hydrogen (secondary N) is 1. The van der Waals surface area contributed by atoms with Crippen molar-refractivity contribution in [3.63, 3.8) is 0 Å². The van der Waals surface area contributed by atoms with Crippen molar-refractivity contribution in [3.8, 4) is 0 Å². The fourth-order valence-corrected chi connectivity index (χ4v) is 2.79. The first-order valence-corrected chi connectivity index (χ1v) is 8.50. The Morgan fingerprint density at radius 3 is 2.19 bits per heavy atom. The molecule has 2 aromatic carbocycles. The first-order valence-electron chi connectivity index (χ1n) is 7.71. The van der Waals surface area contributed by atoms with Crippen molar-refractivity contribution in [2.45, 2.75) is 24.7 Å². The monoisotopic (exact) mass is 445 g/mol. The predicted molar refractivity (Wildman–Crippen MR) is 93.8 cm³/mol. The highest BCUT2D eigenvalue weighted by Crippen LogP contribution is 2.30. The molecule has 0 aromatic heterocycles. The van der Waals surface area contributed by atoms with E-state index in [1.165, 1.54) is 0 Å². The van der Waals surface area contributed by atoms with Gasteiger partial charge < -0.3 is 15.5 Å². The lowest BCUT2D eigenvalue weighted by molar-refractivity contribution is -0.143. The molecular weight excluding hydrogens is 431 g/mol. The van der Waals surface area contributed by atoms with Crippen LogP contribution in [0.25, 0.3) is 0 Å². The Morgan fingerprint density at radius 2 is 1.67 bits per heavy atom. The van der Waals surface area contributed by atoms with Crippen LogP contribution in [0.1, 0.15) is 22.8 Å². The maximum absolute atomic E-state index is 12.6. The molecule has 9 heteroatoms. The number of alkyl halides is 3. The van der Waals surface area contributed by atoms with E-state index in [2.05, 4.69) is 21.2 Å². The van der Waals surface area contributed by atoms with E-state index in [0.717, 1.165) is 24.3 Å². The second-order valence-electron chi connectivity index (χ2n) is 5.72. The Morgan fingerprint density at radius 1 is 1.07 bits per heavy atom. The summed E-state index contributed by atoms with van der Waals surface area (Å²) in [5.41, 5.74) is -0.365. The highest BCUT2D eigenvalue weighted by molar-refractivity contribution is 9.10. The van der Waals surface area contributed by atoms with Crippen LogP contribution in [0, 0.1) is 0 Å². The molecule has 1 amide bonds. The molecule has 0 aliphatic carbocycles. The summed E-state index contributed by atoms with van der Waals surface area (Å²) in [5, 5.41) is 21.6. The highest BCUT2D eigenvalue weighted by atomic mass is 79.9. The largest absolute Gasteiger partial charge is 0.480 e. The zero-order valence-corrected chi connectivity index (χ0v) is 15.3. The Balaban J connectivity index is 2.10. The van der Waals surface area contributed by atoms with E-state index < -0.39 is 35.8 Å². The van der Waals surface area contributed by atoms with Gasteiger partial charge in [-0.1, -0.05) is 46.3 Å². The lowest BCUT2D eigenvalue weighted by atomic mass is 10.0. The molecule has 0 aliphatic rings. The highest BCUT2D eigenvalue weighted by Gasteiger charge is 2.31. The van der Waals surface area contributed by atoms with E-state index in [1.807, 2.05) is 0 Å². The van der Waals surface area contributed by atoms with Gasteiger partial charge in [-0.3, -0.25) is 4.79 Å². The number of carbonyl (C=O) groups is 2. The number of hydrogen-bond acceptors (Lipinski definition) is 3. The fourth-order valence-electron chi connectivity index (χ4n) is 2.34. The molecule has 0 fully saturated rings. The number of carbonyl (C=O) groups excluding carboxylic acids is 1. The van der Waals surface area contributed by atoms with Crippen molar-refractivity contribution in [2.24, 2.45) is 0 Å². The van der Waals surface area contributed by atoms with E-state index in [1.54, 1.807) is 24.3 Å². The minimum Gasteiger partial charge on any atom is -0.480 e. The topological polar surface area (TPSA) is 86.6 Å². The Labute approximate surface area is 161 Å². The van der Waals surface area contributed by atoms with Crippen molar-refractivity contribution in [2.75, 3.05) is 0 Å². The van der Waals surface area contributed by atoms with Gasteiger partial charge in [0, 0.05) is 10.9 Å². The SMILES string of the molecule is O=C(O)[C@H](Cc1ccccc1Br)NC(=O)[C@@H](O)c1ccc(C(F)(F)F)cc1. The number of aliphatic hydroxyl groups is 1. The number of aliphatic hydroxyl groups excluding tert-OH is 1. The molecule has 144 valence electrons. The standard InChI is InChI=1S/C18H15BrF3NO4/c19-13-4-2-1-3-11(13)9-14(17(26)27)23-16(25)15(24)10-5-7-12(8-6-10)18(20,21)22/h1-8,14-15,24H,9H2,(H,23,25)(H,26,27)/t14-,15-/m0/s1. The van der Waals surface area contributed by atoms with Crippen molar-refractivity contribution in [1.82, 2.24) is 5.32 Å². The quantitative estimate of drug-likeness (QED) is 0.636. The first-order chi connectivity index (χ1) is 12.6. The number of carboxylic acids is 1. The molecule has 0 saturated carbocycles. The lowest BCUT2D eigenvalue weighted by Crippen LogP contribution is -2.44. The Kier molecular flexibility index (Phi) is 6.61. The van der Waals surface area contributed by atoms with Gasteiger partial charge in [0.2, 0.25) is 0 Å². The third kappa shape index (κ3) is 5.54. The zero-order valence-electron chi connectivity index (χ0n) is 13.7. The van der Waals surface area contributed by atoms with Crippen LogP contribution in [0.3, 0.4) is 0 Å². The normalized spacial score (nSPS) is 13.7. The molecule has 0 heterocycles. The minimum absolute atomic E-state index is 0.0395. The predicted octanol–water partition coefficient (Wildman–Crippen LogP) is 3.31. The summed E-state index contributed by atoms with van der Waals surface area (Å²) < 4.78 is 38.4. The van der Waals surface area contributed by atoms with Gasteiger partial charge in [-0.25, -0.2) is 4.79 Å². The van der Waals surface area contributed by atoms with Crippen molar-refractivity contribution in [3.05, 3.63) is 69.7 Å². The molecule has 0 spiro atoms. The molecule has 2 aromatic rings. The summed E-state index contributed by atoms with van der Waals surface area (Å²) in [4.78, 5) is 23.6. The lowest BCUT2D eigenvalue weighted by Gasteiger charge is -2.18. The summed E-state index contributed by atoms with van der Waals surface area (Å²) in [6.07, 6.45) is -6.38. The average Bonchev–Trinajstić information content (AvgIpc) is 2.61. The van der Waals surface area contributed by atoms with Crippen molar-refractivity contribution < 1.29 is 33.0 Å². The Bertz CT molecular complexity index is 824. The van der Waals surface area contributed by atoms with Crippen LogP contribution in [0.15, 0.2) is 53.0 Å². The van der Waals surface area contributed by atoms with Gasteiger partial charge in [-0.2, -0.15) is 13.2 Å². The molecule has 2 rings (SSSR count). The number of hydrogen-bond donors (Lipinski definition) is 3. The van der Waals surface area contributed by atoms with Crippen LogP contribution < -0.4 is 5.32 Å². The summed E-state index contributed by atoms with van der Waals surface area (Å²) >= 11 is 3.28. The number of amides is 1. The van der Waals surface area contributed by atoms with E-state index in [4.69, 9.17) is 0 Å². The van der Waals surface area contributed by atoms with Gasteiger partial charge in [0.15, 0.2) is 6.10 Å². The van der Waals surface area contributed by atoms with Crippen LogP contribution in [-0.4, -0.2) is 28.1 Å². The summed E-state index contributed by atoms with van der Waals surface area (Å²) in [5.74, 6) is -2.33. The van der Waals surface area contributed by atoms with E-state index in [0.29, 0.717) is 10.0 Å². The van der Waals surface area contributed by atoms with Crippen molar-refractivity contribution in [1.29, 1.82) is 0 Å². The first kappa shape index (κ1) is 20.9. The van der Waals surface area contributed by atoms with Crippen LogP contribution in [0.2, 0.25) is 0 Å². The molecule has 3 N–H and O–H groups in total. The summed E-state index contributed by atoms with van der Waals surface area (Å²) in [6, 6.07) is 8.94. The van der Waals surface area contributed by atoms with Gasteiger partial charge in [0.05, 0.1) is 5.56 Å². The zero-order chi connectivity index (χ0) is 20.2. The van der Waals surface area contributed by atoms with Crippen LogP contribution in [0.5, 0.6) is 0 Å². The maximum atomic E-state index is 12.6. The molecule has 0 unspecified atom stereocenters. The second kappa shape index (κ2) is 8.53. The number of aliphatic carboxylic acids is 1. The van der Waals surface area contributed by atoms with Crippen LogP contribution in [0.4, 0.5) is 13.2 Å². The number of halogens is 4. The molecule has 0 saturated heterocycles. The van der Waals surface area contributed by atoms with Gasteiger partial charge in [-0.05, 0) is 29.3 Å². The number of benzene rings is 2. The summed E-state index contributed by atoms with van der Waals surface area (Å²) in [6.45, 7) is 0. The van der Waals surface area contributed by atoms with Crippen molar-refractivity contribution >= 4 is 27.8 Å². The second-order valence-corrected chi connectivity index (χ2v) is 6.57. The van der Waals surface area contributed by atoms with Gasteiger partial charge in [-0.15, -0.1) is 0 Å². The van der Waals surface area contributed by atoms with Gasteiger partial charge >= 0.3 is 12.1 Å². The fraction of sp³-hybridized carbons (Fsp3) is 0.222. The molecule has 5 nitrogen and oxygen atoms in total. The minimum atomic E-state index is -4.54.